The first-order valence-corrected chi connectivity index (χ1v) is 7.60. The van der Waals surface area contributed by atoms with E-state index in [-0.39, 0.29) is 5.56 Å². The van der Waals surface area contributed by atoms with E-state index in [2.05, 4.69) is 15.0 Å². The van der Waals surface area contributed by atoms with Crippen LogP contribution in [0.5, 0.6) is 0 Å². The van der Waals surface area contributed by atoms with Gasteiger partial charge < -0.3 is 9.84 Å². The van der Waals surface area contributed by atoms with E-state index in [0.29, 0.717) is 10.7 Å². The molecule has 2 rings (SSSR count). The summed E-state index contributed by atoms with van der Waals surface area (Å²) in [5, 5.41) is 18.5. The molecule has 0 aliphatic rings. The predicted molar refractivity (Wildman–Crippen MR) is 93.7 cm³/mol. The lowest BCUT2D eigenvalue weighted by Gasteiger charge is -2.05. The molecule has 0 amide bonds. The molecule has 0 fully saturated rings. The monoisotopic (exact) mass is 358 g/mol. The summed E-state index contributed by atoms with van der Waals surface area (Å²) in [5.41, 5.74) is 1.24. The Hall–Kier alpha value is -2.99. The van der Waals surface area contributed by atoms with Crippen molar-refractivity contribution in [1.82, 2.24) is 0 Å². The van der Waals surface area contributed by atoms with Gasteiger partial charge in [0.1, 0.15) is 0 Å². The van der Waals surface area contributed by atoms with Crippen LogP contribution >= 0.6 is 11.6 Å². The first kappa shape index (κ1) is 18.4. The summed E-state index contributed by atoms with van der Waals surface area (Å²) in [6, 6.07) is 13.1. The number of carbonyl (C=O) groups is 2. The standard InChI is InChI=1S/C18H15ClN2O4/c1-11-3-9-14(10-4-11)20-21-15(17(23)18(24)25-2)16(22)12-5-7-13(19)8-6-12/h3-10,22H,1-2H3/b16-15+,21-20?. The Bertz CT molecular complexity index is 840. The number of aliphatic hydroxyl groups excluding tert-OH is 1. The number of benzene rings is 2. The van der Waals surface area contributed by atoms with Crippen molar-refractivity contribution in [1.29, 1.82) is 0 Å². The number of methoxy groups -OCH3 is 1. The molecule has 0 aliphatic heterocycles. The molecule has 0 saturated carbocycles. The maximum absolute atomic E-state index is 12.2. The summed E-state index contributed by atoms with van der Waals surface area (Å²) in [6.45, 7) is 1.92. The van der Waals surface area contributed by atoms with Crippen molar-refractivity contribution in [3.05, 3.63) is 70.4 Å². The normalized spacial score (nSPS) is 12.0. The van der Waals surface area contributed by atoms with Gasteiger partial charge in [0, 0.05) is 10.6 Å². The van der Waals surface area contributed by atoms with Crippen LogP contribution in [0.2, 0.25) is 5.02 Å². The fourth-order valence-electron chi connectivity index (χ4n) is 1.85. The first-order chi connectivity index (χ1) is 11.9. The van der Waals surface area contributed by atoms with Crippen molar-refractivity contribution >= 4 is 34.8 Å². The predicted octanol–water partition coefficient (Wildman–Crippen LogP) is 4.40. The van der Waals surface area contributed by atoms with Gasteiger partial charge in [0.05, 0.1) is 12.8 Å². The molecule has 0 radical (unpaired) electrons. The molecule has 6 nitrogen and oxygen atoms in total. The van der Waals surface area contributed by atoms with E-state index in [1.165, 1.54) is 24.3 Å². The van der Waals surface area contributed by atoms with Gasteiger partial charge in [-0.3, -0.25) is 4.79 Å². The molecular weight excluding hydrogens is 344 g/mol. The van der Waals surface area contributed by atoms with Crippen LogP contribution in [0.25, 0.3) is 5.76 Å². The van der Waals surface area contributed by atoms with Crippen LogP contribution in [0, 0.1) is 6.92 Å². The van der Waals surface area contributed by atoms with E-state index >= 15 is 0 Å². The van der Waals surface area contributed by atoms with Crippen LogP contribution in [-0.2, 0) is 14.3 Å². The largest absolute Gasteiger partial charge is 0.505 e. The van der Waals surface area contributed by atoms with Crippen molar-refractivity contribution < 1.29 is 19.4 Å². The number of Topliss-reactive ketones (excluding diaryl/α,β-unsaturated/α-hetero) is 1. The highest BCUT2D eigenvalue weighted by Crippen LogP contribution is 2.22. The number of hydrogen-bond donors (Lipinski definition) is 1. The molecular formula is C18H15ClN2O4. The third kappa shape index (κ3) is 4.74. The van der Waals surface area contributed by atoms with Gasteiger partial charge in [0.15, 0.2) is 11.5 Å². The molecule has 2 aromatic carbocycles. The van der Waals surface area contributed by atoms with Crippen molar-refractivity contribution in [2.45, 2.75) is 6.92 Å². The van der Waals surface area contributed by atoms with Gasteiger partial charge >= 0.3 is 5.97 Å². The van der Waals surface area contributed by atoms with Crippen molar-refractivity contribution in [2.24, 2.45) is 10.2 Å². The maximum atomic E-state index is 12.2. The molecule has 0 atom stereocenters. The summed E-state index contributed by atoms with van der Waals surface area (Å²) in [5.74, 6) is -2.76. The molecule has 25 heavy (non-hydrogen) atoms. The van der Waals surface area contributed by atoms with Crippen LogP contribution in [0.3, 0.4) is 0 Å². The summed E-state index contributed by atoms with van der Waals surface area (Å²) < 4.78 is 4.41. The SMILES string of the molecule is COC(=O)C(=O)/C(N=Nc1ccc(C)cc1)=C(\O)c1ccc(Cl)cc1. The number of hydrogen-bond acceptors (Lipinski definition) is 6. The number of ether oxygens (including phenoxy) is 1. The second-order valence-electron chi connectivity index (χ2n) is 5.06. The molecule has 1 N–H and O–H groups in total. The Morgan fingerprint density at radius 3 is 2.20 bits per heavy atom. The lowest BCUT2D eigenvalue weighted by atomic mass is 10.1. The number of nitrogens with zero attached hydrogens (tertiary/aromatic N) is 2. The minimum Gasteiger partial charge on any atom is -0.505 e. The van der Waals surface area contributed by atoms with E-state index in [4.69, 9.17) is 11.6 Å². The third-order valence-electron chi connectivity index (χ3n) is 3.23. The molecule has 0 bridgehead atoms. The number of azo groups is 1. The zero-order valence-corrected chi connectivity index (χ0v) is 14.3. The van der Waals surface area contributed by atoms with E-state index < -0.39 is 23.2 Å². The smallest absolute Gasteiger partial charge is 0.381 e. The number of aryl methyl sites for hydroxylation is 1. The number of ketones is 1. The summed E-state index contributed by atoms with van der Waals surface area (Å²) >= 11 is 5.80. The molecule has 0 aliphatic carbocycles. The minimum absolute atomic E-state index is 0.263. The van der Waals surface area contributed by atoms with Gasteiger partial charge in [-0.1, -0.05) is 29.3 Å². The first-order valence-electron chi connectivity index (χ1n) is 7.22. The average Bonchev–Trinajstić information content (AvgIpc) is 2.62. The molecule has 2 aromatic rings. The Kier molecular flexibility index (Phi) is 6.03. The quantitative estimate of drug-likeness (QED) is 0.282. The second-order valence-corrected chi connectivity index (χ2v) is 5.50. The van der Waals surface area contributed by atoms with Crippen LogP contribution in [0.4, 0.5) is 5.69 Å². The highest BCUT2D eigenvalue weighted by Gasteiger charge is 2.24. The Labute approximate surface area is 149 Å². The molecule has 0 spiro atoms. The highest BCUT2D eigenvalue weighted by molar-refractivity contribution is 6.41. The third-order valence-corrected chi connectivity index (χ3v) is 3.48. The Morgan fingerprint density at radius 2 is 1.64 bits per heavy atom. The Morgan fingerprint density at radius 1 is 1.04 bits per heavy atom. The van der Waals surface area contributed by atoms with Crippen LogP contribution < -0.4 is 0 Å². The summed E-state index contributed by atoms with van der Waals surface area (Å²) in [6.07, 6.45) is 0. The van der Waals surface area contributed by atoms with Gasteiger partial charge in [-0.15, -0.1) is 5.11 Å². The van der Waals surface area contributed by atoms with Crippen molar-refractivity contribution in [3.8, 4) is 0 Å². The van der Waals surface area contributed by atoms with Crippen LogP contribution in [0.15, 0.2) is 64.5 Å². The fraction of sp³-hybridized carbons (Fsp3) is 0.111. The van der Waals surface area contributed by atoms with Gasteiger partial charge in [-0.25, -0.2) is 4.79 Å². The van der Waals surface area contributed by atoms with Gasteiger partial charge in [0.2, 0.25) is 0 Å². The molecule has 0 heterocycles. The fourth-order valence-corrected chi connectivity index (χ4v) is 1.98. The number of rotatable bonds is 5. The molecule has 0 saturated heterocycles. The highest BCUT2D eigenvalue weighted by atomic mass is 35.5. The number of halogens is 1. The van der Waals surface area contributed by atoms with Crippen molar-refractivity contribution in [2.75, 3.05) is 7.11 Å². The number of esters is 1. The topological polar surface area (TPSA) is 88.3 Å². The number of aliphatic hydroxyl groups is 1. The van der Waals surface area contributed by atoms with E-state index in [1.807, 2.05) is 19.1 Å². The molecule has 0 unspecified atom stereocenters. The lowest BCUT2D eigenvalue weighted by Crippen LogP contribution is -2.18. The average molecular weight is 359 g/mol. The van der Waals surface area contributed by atoms with Crippen LogP contribution in [0.1, 0.15) is 11.1 Å². The second kappa shape index (κ2) is 8.21. The van der Waals surface area contributed by atoms with Gasteiger partial charge in [-0.2, -0.15) is 5.11 Å². The van der Waals surface area contributed by atoms with Crippen LogP contribution in [-0.4, -0.2) is 24.0 Å². The molecule has 7 heteroatoms. The Balaban J connectivity index is 2.47. The van der Waals surface area contributed by atoms with Crippen molar-refractivity contribution in [3.63, 3.8) is 0 Å². The van der Waals surface area contributed by atoms with E-state index in [9.17, 15) is 14.7 Å². The summed E-state index contributed by atoms with van der Waals surface area (Å²) in [4.78, 5) is 23.7. The maximum Gasteiger partial charge on any atom is 0.381 e. The molecule has 0 aromatic heterocycles. The minimum atomic E-state index is -1.15. The van der Waals surface area contributed by atoms with E-state index in [1.54, 1.807) is 12.1 Å². The zero-order valence-electron chi connectivity index (χ0n) is 13.6. The van der Waals surface area contributed by atoms with E-state index in [0.717, 1.165) is 12.7 Å². The lowest BCUT2D eigenvalue weighted by molar-refractivity contribution is -0.149. The van der Waals surface area contributed by atoms with Gasteiger partial charge in [-0.05, 0) is 43.3 Å². The summed E-state index contributed by atoms with van der Waals surface area (Å²) in [7, 11) is 1.06. The number of carbonyl (C=O) groups excluding carboxylic acids is 2. The molecule has 128 valence electrons. The van der Waals surface area contributed by atoms with Gasteiger partial charge in [0.25, 0.3) is 5.78 Å². The zero-order chi connectivity index (χ0) is 18.4.